The van der Waals surface area contributed by atoms with Gasteiger partial charge in [0, 0.05) is 37.3 Å². The van der Waals surface area contributed by atoms with Gasteiger partial charge in [0.2, 0.25) is 0 Å². The van der Waals surface area contributed by atoms with Crippen LogP contribution in [0.15, 0.2) is 54.7 Å². The van der Waals surface area contributed by atoms with Crippen molar-refractivity contribution in [3.05, 3.63) is 77.1 Å². The van der Waals surface area contributed by atoms with Gasteiger partial charge in [-0.2, -0.15) is 18.3 Å². The molecule has 216 valence electrons. The molecule has 1 aliphatic rings. The molecule has 3 heterocycles. The quantitative estimate of drug-likeness (QED) is 0.356. The number of carbonyl (C=O) groups excluding carboxylic acids is 1. The fourth-order valence-corrected chi connectivity index (χ4v) is 5.27. The number of aliphatic hydroxyl groups excluding tert-OH is 1. The van der Waals surface area contributed by atoms with Crippen LogP contribution in [-0.4, -0.2) is 82.4 Å². The molecule has 1 aliphatic heterocycles. The predicted octanol–water partition coefficient (Wildman–Crippen LogP) is 4.23. The lowest BCUT2D eigenvalue weighted by molar-refractivity contribution is -0.143. The van der Waals surface area contributed by atoms with Gasteiger partial charge in [-0.15, -0.1) is 0 Å². The van der Waals surface area contributed by atoms with Crippen molar-refractivity contribution in [3.8, 4) is 22.8 Å². The number of aromatic nitrogens is 3. The van der Waals surface area contributed by atoms with Crippen LogP contribution in [-0.2, 0) is 6.18 Å². The lowest BCUT2D eigenvalue weighted by Crippen LogP contribution is -2.50. The van der Waals surface area contributed by atoms with E-state index in [0.717, 1.165) is 11.8 Å². The zero-order chi connectivity index (χ0) is 29.3. The SMILES string of the molecule is COc1ccc(-c2nc3c(C(=O)N4CCN([C@@H](CO)c5cccc(OC)c5)CC4)cnn3c(C(F)(F)F)c2C)cc1. The molecule has 41 heavy (non-hydrogen) atoms. The third-order valence-corrected chi connectivity index (χ3v) is 7.44. The Balaban J connectivity index is 1.44. The van der Waals surface area contributed by atoms with Gasteiger partial charge in [0.15, 0.2) is 11.3 Å². The first-order chi connectivity index (χ1) is 19.7. The van der Waals surface area contributed by atoms with E-state index in [1.54, 1.807) is 36.3 Å². The number of halogens is 3. The monoisotopic (exact) mass is 569 g/mol. The standard InChI is InChI=1S/C29H30F3N5O4/c1-18-25(19-7-9-21(40-2)10-8-19)34-27-23(16-33-37(27)26(18)29(30,31)32)28(39)36-13-11-35(12-14-36)24(17-38)20-5-4-6-22(15-20)41-3/h4-10,15-16,24,38H,11-14,17H2,1-3H3/t24-/m0/s1. The summed E-state index contributed by atoms with van der Waals surface area (Å²) in [4.78, 5) is 21.8. The van der Waals surface area contributed by atoms with Crippen molar-refractivity contribution in [2.24, 2.45) is 0 Å². The highest BCUT2D eigenvalue weighted by atomic mass is 19.4. The number of piperazine rings is 1. The van der Waals surface area contributed by atoms with Gasteiger partial charge >= 0.3 is 6.18 Å². The van der Waals surface area contributed by atoms with E-state index in [9.17, 15) is 23.1 Å². The topological polar surface area (TPSA) is 92.4 Å². The minimum absolute atomic E-state index is 0.00906. The first-order valence-corrected chi connectivity index (χ1v) is 13.0. The molecule has 1 amide bonds. The van der Waals surface area contributed by atoms with Crippen molar-refractivity contribution >= 4 is 11.6 Å². The third kappa shape index (κ3) is 5.44. The van der Waals surface area contributed by atoms with Crippen molar-refractivity contribution in [3.63, 3.8) is 0 Å². The van der Waals surface area contributed by atoms with Crippen LogP contribution in [0.1, 0.15) is 33.2 Å². The van der Waals surface area contributed by atoms with Gasteiger partial charge in [0.1, 0.15) is 17.1 Å². The van der Waals surface area contributed by atoms with Crippen LogP contribution < -0.4 is 9.47 Å². The van der Waals surface area contributed by atoms with Crippen molar-refractivity contribution in [2.75, 3.05) is 47.0 Å². The number of fused-ring (bicyclic) bond motifs is 1. The molecule has 1 fully saturated rings. The Labute approximate surface area is 234 Å². The number of benzene rings is 2. The fraction of sp³-hybridized carbons (Fsp3) is 0.345. The van der Waals surface area contributed by atoms with Gasteiger partial charge in [-0.25, -0.2) is 9.50 Å². The van der Waals surface area contributed by atoms with Crippen LogP contribution in [0.2, 0.25) is 0 Å². The molecule has 0 saturated carbocycles. The maximum Gasteiger partial charge on any atom is 0.433 e. The molecule has 4 aromatic rings. The lowest BCUT2D eigenvalue weighted by Gasteiger charge is -2.38. The van der Waals surface area contributed by atoms with Crippen molar-refractivity contribution in [1.29, 1.82) is 0 Å². The van der Waals surface area contributed by atoms with Crippen LogP contribution in [0.25, 0.3) is 16.9 Å². The first-order valence-electron chi connectivity index (χ1n) is 13.0. The number of amides is 1. The van der Waals surface area contributed by atoms with Crippen LogP contribution in [0, 0.1) is 6.92 Å². The molecular formula is C29H30F3N5O4. The second-order valence-electron chi connectivity index (χ2n) is 9.76. The molecule has 0 unspecified atom stereocenters. The number of nitrogens with zero attached hydrogens (tertiary/aromatic N) is 5. The Morgan fingerprint density at radius 2 is 1.71 bits per heavy atom. The molecule has 2 aromatic heterocycles. The smallest absolute Gasteiger partial charge is 0.433 e. The van der Waals surface area contributed by atoms with E-state index >= 15 is 0 Å². The summed E-state index contributed by atoms with van der Waals surface area (Å²) in [6, 6.07) is 13.7. The summed E-state index contributed by atoms with van der Waals surface area (Å²) in [5.41, 5.74) is 0.198. The molecule has 0 spiro atoms. The summed E-state index contributed by atoms with van der Waals surface area (Å²) < 4.78 is 54.0. The summed E-state index contributed by atoms with van der Waals surface area (Å²) in [6.07, 6.45) is -3.58. The number of ether oxygens (including phenoxy) is 2. The van der Waals surface area contributed by atoms with Crippen LogP contribution >= 0.6 is 0 Å². The number of hydrogen-bond donors (Lipinski definition) is 1. The number of alkyl halides is 3. The van der Waals surface area contributed by atoms with E-state index in [-0.39, 0.29) is 35.1 Å². The molecule has 0 bridgehead atoms. The molecule has 1 saturated heterocycles. The highest BCUT2D eigenvalue weighted by Gasteiger charge is 2.39. The summed E-state index contributed by atoms with van der Waals surface area (Å²) in [5, 5.41) is 14.1. The van der Waals surface area contributed by atoms with E-state index in [1.807, 2.05) is 24.3 Å². The van der Waals surface area contributed by atoms with Crippen LogP contribution in [0.5, 0.6) is 11.5 Å². The van der Waals surface area contributed by atoms with E-state index in [4.69, 9.17) is 9.47 Å². The lowest BCUT2D eigenvalue weighted by atomic mass is 10.0. The fourth-order valence-electron chi connectivity index (χ4n) is 5.27. The van der Waals surface area contributed by atoms with E-state index in [2.05, 4.69) is 15.0 Å². The Hall–Kier alpha value is -4.16. The highest BCUT2D eigenvalue weighted by molar-refractivity contribution is 6.00. The summed E-state index contributed by atoms with van der Waals surface area (Å²) in [6.45, 7) is 2.79. The predicted molar refractivity (Wildman–Crippen MR) is 145 cm³/mol. The molecule has 0 radical (unpaired) electrons. The van der Waals surface area contributed by atoms with E-state index in [0.29, 0.717) is 47.8 Å². The number of rotatable bonds is 7. The summed E-state index contributed by atoms with van der Waals surface area (Å²) in [5.74, 6) is 0.780. The first kappa shape index (κ1) is 28.4. The molecule has 1 atom stereocenters. The maximum absolute atomic E-state index is 14.3. The Kier molecular flexibility index (Phi) is 7.87. The third-order valence-electron chi connectivity index (χ3n) is 7.44. The van der Waals surface area contributed by atoms with Gasteiger partial charge in [-0.1, -0.05) is 12.1 Å². The minimum atomic E-state index is -4.73. The van der Waals surface area contributed by atoms with Crippen molar-refractivity contribution in [2.45, 2.75) is 19.1 Å². The summed E-state index contributed by atoms with van der Waals surface area (Å²) >= 11 is 0. The Bertz CT molecular complexity index is 1550. The average molecular weight is 570 g/mol. The van der Waals surface area contributed by atoms with Gasteiger partial charge in [0.25, 0.3) is 5.91 Å². The largest absolute Gasteiger partial charge is 0.497 e. The molecule has 9 nitrogen and oxygen atoms in total. The van der Waals surface area contributed by atoms with E-state index in [1.165, 1.54) is 14.0 Å². The molecule has 0 aliphatic carbocycles. The molecule has 5 rings (SSSR count). The van der Waals surface area contributed by atoms with Crippen molar-refractivity contribution in [1.82, 2.24) is 24.4 Å². The Morgan fingerprint density at radius 3 is 2.32 bits per heavy atom. The molecule has 2 aromatic carbocycles. The van der Waals surface area contributed by atoms with Gasteiger partial charge in [-0.3, -0.25) is 9.69 Å². The molecule has 12 heteroatoms. The number of methoxy groups -OCH3 is 2. The van der Waals surface area contributed by atoms with Gasteiger partial charge in [-0.05, 0) is 48.9 Å². The highest BCUT2D eigenvalue weighted by Crippen LogP contribution is 2.37. The van der Waals surface area contributed by atoms with Crippen LogP contribution in [0.3, 0.4) is 0 Å². The summed E-state index contributed by atoms with van der Waals surface area (Å²) in [7, 11) is 3.07. The van der Waals surface area contributed by atoms with Gasteiger partial charge in [0.05, 0.1) is 38.8 Å². The molecule has 1 N–H and O–H groups in total. The second-order valence-corrected chi connectivity index (χ2v) is 9.76. The van der Waals surface area contributed by atoms with Gasteiger partial charge < -0.3 is 19.5 Å². The minimum Gasteiger partial charge on any atom is -0.497 e. The normalized spacial score (nSPS) is 15.2. The number of carbonyl (C=O) groups is 1. The number of hydrogen-bond acceptors (Lipinski definition) is 7. The van der Waals surface area contributed by atoms with Crippen LogP contribution in [0.4, 0.5) is 13.2 Å². The van der Waals surface area contributed by atoms with Crippen molar-refractivity contribution < 1.29 is 32.5 Å². The van der Waals surface area contributed by atoms with E-state index < -0.39 is 17.8 Å². The Morgan fingerprint density at radius 1 is 1.02 bits per heavy atom. The molecular weight excluding hydrogens is 539 g/mol. The maximum atomic E-state index is 14.3. The zero-order valence-electron chi connectivity index (χ0n) is 22.9. The number of aliphatic hydroxyl groups is 1. The average Bonchev–Trinajstić information content (AvgIpc) is 3.39. The second kappa shape index (κ2) is 11.4. The zero-order valence-corrected chi connectivity index (χ0v) is 22.9.